The molecule has 4 bridgehead atoms. The van der Waals surface area contributed by atoms with Crippen molar-refractivity contribution in [3.8, 4) is 0 Å². The molecule has 0 spiro atoms. The van der Waals surface area contributed by atoms with Gasteiger partial charge in [0.05, 0.1) is 53.7 Å². The van der Waals surface area contributed by atoms with Crippen LogP contribution in [-0.2, 0) is 0 Å². The van der Waals surface area contributed by atoms with E-state index < -0.39 is 23.6 Å². The summed E-state index contributed by atoms with van der Waals surface area (Å²) in [7, 11) is 12.2. The third-order valence-electron chi connectivity index (χ3n) is 7.33. The molecule has 42 heavy (non-hydrogen) atoms. The van der Waals surface area contributed by atoms with Crippen LogP contribution in [0.3, 0.4) is 0 Å². The molecule has 0 saturated heterocycles. The number of quaternary nitrogens is 2. The molecular formula is C34H34N4O4+2. The Labute approximate surface area is 245 Å². The average Bonchev–Trinajstić information content (AvgIpc) is 2.96. The fourth-order valence-electron chi connectivity index (χ4n) is 4.78. The SMILES string of the molecule is C[N+](C)(C)c1ccc(N2C(=O)c3ccc(cc3)C(=O)N(c3ccc([N+](C)(C)C)cc3)C(=O)c3ccc(cc3)C2=O)cc1. The topological polar surface area (TPSA) is 74.8 Å². The highest BCUT2D eigenvalue weighted by Crippen LogP contribution is 2.28. The van der Waals surface area contributed by atoms with Crippen molar-refractivity contribution in [3.63, 3.8) is 0 Å². The summed E-state index contributed by atoms with van der Waals surface area (Å²) >= 11 is 0. The molecule has 0 unspecified atom stereocenters. The van der Waals surface area contributed by atoms with Crippen molar-refractivity contribution in [2.24, 2.45) is 0 Å². The highest BCUT2D eigenvalue weighted by molar-refractivity contribution is 6.28. The number of imide groups is 2. The van der Waals surface area contributed by atoms with Crippen LogP contribution in [-0.4, -0.2) is 65.9 Å². The lowest BCUT2D eigenvalue weighted by atomic mass is 10.0. The van der Waals surface area contributed by atoms with Crippen LogP contribution in [0.25, 0.3) is 0 Å². The molecule has 4 aliphatic heterocycles. The molecule has 0 atom stereocenters. The van der Waals surface area contributed by atoms with Gasteiger partial charge in [-0.15, -0.1) is 0 Å². The van der Waals surface area contributed by atoms with E-state index in [2.05, 4.69) is 0 Å². The number of amides is 4. The summed E-state index contributed by atoms with van der Waals surface area (Å²) in [5, 5.41) is 0. The lowest BCUT2D eigenvalue weighted by molar-refractivity contribution is 0.0878. The van der Waals surface area contributed by atoms with E-state index in [4.69, 9.17) is 0 Å². The fraction of sp³-hybridized carbons (Fsp3) is 0.176. The predicted molar refractivity (Wildman–Crippen MR) is 167 cm³/mol. The van der Waals surface area contributed by atoms with Gasteiger partial charge in [0.15, 0.2) is 0 Å². The molecule has 8 rings (SSSR count). The van der Waals surface area contributed by atoms with E-state index in [0.717, 1.165) is 21.2 Å². The molecule has 0 saturated carbocycles. The molecule has 8 heteroatoms. The van der Waals surface area contributed by atoms with E-state index in [-0.39, 0.29) is 22.3 Å². The second-order valence-electron chi connectivity index (χ2n) is 12.1. The third-order valence-corrected chi connectivity index (χ3v) is 7.33. The molecule has 8 nitrogen and oxygen atoms in total. The maximum absolute atomic E-state index is 13.8. The van der Waals surface area contributed by atoms with Gasteiger partial charge in [-0.05, 0) is 72.8 Å². The van der Waals surface area contributed by atoms with Crippen LogP contribution in [0.5, 0.6) is 0 Å². The summed E-state index contributed by atoms with van der Waals surface area (Å²) in [5.74, 6) is -2.10. The Morgan fingerprint density at radius 1 is 0.357 bits per heavy atom. The van der Waals surface area contributed by atoms with Crippen molar-refractivity contribution in [3.05, 3.63) is 119 Å². The first-order valence-electron chi connectivity index (χ1n) is 13.6. The second-order valence-corrected chi connectivity index (χ2v) is 12.1. The van der Waals surface area contributed by atoms with Crippen LogP contribution in [0.4, 0.5) is 22.7 Å². The Hall–Kier alpha value is -4.92. The lowest BCUT2D eigenvalue weighted by Gasteiger charge is -2.26. The summed E-state index contributed by atoms with van der Waals surface area (Å²) in [4.78, 5) is 57.5. The second kappa shape index (κ2) is 10.5. The highest BCUT2D eigenvalue weighted by atomic mass is 16.2. The van der Waals surface area contributed by atoms with Gasteiger partial charge < -0.3 is 0 Å². The standard InChI is InChI=1S/C34H34N4O4/c1-37(2,3)29-19-15-27(16-20-29)35-31(39)23-7-11-25(12-8-23)33(41)36(28-17-21-30(22-18-28)38(4,5)6)34(42)26-13-9-24(10-14-26)32(35)40/h7-22H,1-6H3/q+2. The molecule has 4 amide bonds. The molecule has 4 aliphatic rings. The Morgan fingerprint density at radius 2 is 0.571 bits per heavy atom. The predicted octanol–water partition coefficient (Wildman–Crippen LogP) is 5.37. The van der Waals surface area contributed by atoms with Crippen molar-refractivity contribution in [1.29, 1.82) is 0 Å². The number of hydrogen-bond acceptors (Lipinski definition) is 4. The molecule has 0 fully saturated rings. The van der Waals surface area contributed by atoms with Crippen LogP contribution in [0.1, 0.15) is 41.4 Å². The van der Waals surface area contributed by atoms with E-state index >= 15 is 0 Å². The number of benzene rings is 4. The molecular weight excluding hydrogens is 528 g/mol. The maximum Gasteiger partial charge on any atom is 0.265 e. The van der Waals surface area contributed by atoms with E-state index in [1.807, 2.05) is 66.6 Å². The van der Waals surface area contributed by atoms with Gasteiger partial charge in [-0.25, -0.2) is 9.80 Å². The molecule has 0 aliphatic carbocycles. The monoisotopic (exact) mass is 562 g/mol. The Morgan fingerprint density at radius 3 is 0.762 bits per heavy atom. The molecule has 4 heterocycles. The number of nitrogens with zero attached hydrogens (tertiary/aromatic N) is 4. The van der Waals surface area contributed by atoms with Gasteiger partial charge in [0, 0.05) is 46.5 Å². The van der Waals surface area contributed by atoms with Gasteiger partial charge in [0.25, 0.3) is 23.6 Å². The minimum Gasteiger partial charge on any atom is -0.298 e. The van der Waals surface area contributed by atoms with Crippen molar-refractivity contribution in [1.82, 2.24) is 8.97 Å². The Balaban J connectivity index is 1.61. The minimum atomic E-state index is -0.526. The van der Waals surface area contributed by atoms with Gasteiger partial charge in [-0.2, -0.15) is 0 Å². The lowest BCUT2D eigenvalue weighted by Crippen LogP contribution is -2.39. The van der Waals surface area contributed by atoms with Crippen LogP contribution in [0.2, 0.25) is 0 Å². The summed E-state index contributed by atoms with van der Waals surface area (Å²) in [6.07, 6.45) is 0. The van der Waals surface area contributed by atoms with Crippen LogP contribution in [0.15, 0.2) is 97.1 Å². The Kier molecular flexibility index (Phi) is 7.14. The van der Waals surface area contributed by atoms with Crippen molar-refractivity contribution >= 4 is 46.4 Å². The minimum absolute atomic E-state index is 0.231. The zero-order valence-corrected chi connectivity index (χ0v) is 24.7. The van der Waals surface area contributed by atoms with Crippen LogP contribution < -0.4 is 18.8 Å². The molecule has 4 aromatic carbocycles. The fourth-order valence-corrected chi connectivity index (χ4v) is 4.78. The number of hydrogen-bond donors (Lipinski definition) is 0. The largest absolute Gasteiger partial charge is 0.298 e. The summed E-state index contributed by atoms with van der Waals surface area (Å²) in [6, 6.07) is 26.6. The van der Waals surface area contributed by atoms with Gasteiger partial charge >= 0.3 is 0 Å². The van der Waals surface area contributed by atoms with E-state index in [9.17, 15) is 19.2 Å². The van der Waals surface area contributed by atoms with Gasteiger partial charge in [-0.3, -0.25) is 28.1 Å². The zero-order chi connectivity index (χ0) is 30.4. The molecule has 4 aromatic rings. The molecule has 212 valence electrons. The maximum atomic E-state index is 13.8. The third kappa shape index (κ3) is 5.37. The molecule has 0 radical (unpaired) electrons. The van der Waals surface area contributed by atoms with Gasteiger partial charge in [0.1, 0.15) is 11.4 Å². The molecule has 0 aromatic heterocycles. The highest BCUT2D eigenvalue weighted by Gasteiger charge is 2.31. The quantitative estimate of drug-likeness (QED) is 0.248. The average molecular weight is 563 g/mol. The first-order chi connectivity index (χ1) is 19.8. The summed E-state index contributed by atoms with van der Waals surface area (Å²) < 4.78 is 1.15. The van der Waals surface area contributed by atoms with E-state index in [0.29, 0.717) is 20.3 Å². The van der Waals surface area contributed by atoms with Crippen LogP contribution in [0, 0.1) is 0 Å². The first-order valence-corrected chi connectivity index (χ1v) is 13.6. The Bertz CT molecular complexity index is 1480. The number of carbonyl (C=O) groups excluding carboxylic acids is 4. The van der Waals surface area contributed by atoms with E-state index in [1.165, 1.54) is 48.5 Å². The summed E-state index contributed by atoms with van der Waals surface area (Å²) in [6.45, 7) is 0. The first kappa shape index (κ1) is 28.6. The number of anilines is 2. The van der Waals surface area contributed by atoms with Crippen molar-refractivity contribution < 1.29 is 19.2 Å². The number of rotatable bonds is 4. The summed E-state index contributed by atoms with van der Waals surface area (Å²) in [5.41, 5.74) is 3.76. The smallest absolute Gasteiger partial charge is 0.265 e. The molecule has 0 N–H and O–H groups in total. The van der Waals surface area contributed by atoms with Gasteiger partial charge in [-0.1, -0.05) is 0 Å². The van der Waals surface area contributed by atoms with Crippen molar-refractivity contribution in [2.75, 3.05) is 52.1 Å². The van der Waals surface area contributed by atoms with Crippen molar-refractivity contribution in [2.45, 2.75) is 0 Å². The number of carbonyl (C=O) groups is 4. The van der Waals surface area contributed by atoms with Gasteiger partial charge in [0.2, 0.25) is 0 Å². The zero-order valence-electron chi connectivity index (χ0n) is 24.7. The van der Waals surface area contributed by atoms with E-state index in [1.54, 1.807) is 24.3 Å². The normalized spacial score (nSPS) is 14.5. The van der Waals surface area contributed by atoms with Crippen LogP contribution >= 0.6 is 0 Å².